The van der Waals surface area contributed by atoms with Crippen molar-refractivity contribution in [1.82, 2.24) is 0 Å². The van der Waals surface area contributed by atoms with Gasteiger partial charge in [-0.05, 0) is 92.6 Å². The van der Waals surface area contributed by atoms with E-state index >= 15 is 0 Å². The monoisotopic (exact) mass is 380 g/mol. The van der Waals surface area contributed by atoms with Crippen LogP contribution in [0.25, 0.3) is 0 Å². The fraction of sp³-hybridized carbons (Fsp3) is 0.731. The predicted octanol–water partition coefficient (Wildman–Crippen LogP) is 6.64. The lowest BCUT2D eigenvalue weighted by Gasteiger charge is -2.60. The zero-order valence-corrected chi connectivity index (χ0v) is 17.7. The van der Waals surface area contributed by atoms with E-state index in [1.807, 2.05) is 30.3 Å². The van der Waals surface area contributed by atoms with Gasteiger partial charge >= 0.3 is 5.97 Å². The molecule has 4 fully saturated rings. The van der Waals surface area contributed by atoms with Crippen molar-refractivity contribution in [3.05, 3.63) is 35.9 Å². The molecular weight excluding hydrogens is 344 g/mol. The molecule has 0 heterocycles. The Morgan fingerprint density at radius 1 is 0.857 bits per heavy atom. The van der Waals surface area contributed by atoms with E-state index in [0.717, 1.165) is 30.1 Å². The lowest BCUT2D eigenvalue weighted by Crippen LogP contribution is -2.53. The lowest BCUT2D eigenvalue weighted by molar-refractivity contribution is -0.122. The van der Waals surface area contributed by atoms with Gasteiger partial charge in [-0.15, -0.1) is 0 Å². The lowest BCUT2D eigenvalue weighted by atomic mass is 9.45. The minimum Gasteiger partial charge on any atom is -0.458 e. The highest BCUT2D eigenvalue weighted by molar-refractivity contribution is 5.89. The van der Waals surface area contributed by atoms with E-state index in [0.29, 0.717) is 11.0 Å². The fourth-order valence-corrected chi connectivity index (χ4v) is 8.21. The molecule has 0 bridgehead atoms. The Morgan fingerprint density at radius 2 is 1.64 bits per heavy atom. The van der Waals surface area contributed by atoms with Crippen LogP contribution >= 0.6 is 0 Å². The van der Waals surface area contributed by atoms with E-state index in [1.165, 1.54) is 57.8 Å². The third kappa shape index (κ3) is 2.77. The summed E-state index contributed by atoms with van der Waals surface area (Å²) in [6, 6.07) is 9.54. The Bertz CT molecular complexity index is 727. The van der Waals surface area contributed by atoms with Gasteiger partial charge in [-0.25, -0.2) is 4.79 Å². The largest absolute Gasteiger partial charge is 0.458 e. The number of carbonyl (C=O) groups is 1. The molecule has 2 nitrogen and oxygen atoms in total. The molecule has 4 aliphatic rings. The minimum absolute atomic E-state index is 0.100. The third-order valence-electron chi connectivity index (χ3n) is 9.76. The Hall–Kier alpha value is -1.31. The molecule has 5 rings (SSSR count). The van der Waals surface area contributed by atoms with E-state index in [2.05, 4.69) is 13.8 Å². The number of rotatable bonds is 2. The normalized spacial score (nSPS) is 44.9. The average Bonchev–Trinajstić information content (AvgIpc) is 3.04. The van der Waals surface area contributed by atoms with Gasteiger partial charge in [0.2, 0.25) is 0 Å². The summed E-state index contributed by atoms with van der Waals surface area (Å²) >= 11 is 0. The summed E-state index contributed by atoms with van der Waals surface area (Å²) in [6.45, 7) is 5.08. The maximum atomic E-state index is 12.7. The summed E-state index contributed by atoms with van der Waals surface area (Å²) < 4.78 is 6.14. The molecule has 2 heteroatoms. The van der Waals surface area contributed by atoms with E-state index in [9.17, 15) is 4.79 Å². The first-order valence-electron chi connectivity index (χ1n) is 11.8. The molecule has 0 saturated heterocycles. The first-order valence-corrected chi connectivity index (χ1v) is 11.8. The van der Waals surface area contributed by atoms with Crippen molar-refractivity contribution in [2.45, 2.75) is 84.2 Å². The van der Waals surface area contributed by atoms with Crippen molar-refractivity contribution in [3.63, 3.8) is 0 Å². The summed E-state index contributed by atoms with van der Waals surface area (Å²) in [5, 5.41) is 0. The van der Waals surface area contributed by atoms with E-state index in [1.54, 1.807) is 0 Å². The molecule has 0 aromatic heterocycles. The molecule has 28 heavy (non-hydrogen) atoms. The highest BCUT2D eigenvalue weighted by Crippen LogP contribution is 2.66. The standard InChI is InChI=1S/C26H36O2/c1-25-16-7-6-10-19(25)11-12-20-21-13-14-23(26(21,2)17-15-22(20)25)28-24(27)18-8-4-3-5-9-18/h3-5,8-9,19-23H,6-7,10-17H2,1-2H3/t19-,20+,21+,22+,23+,25+,26+/m1/s1. The minimum atomic E-state index is -0.127. The van der Waals surface area contributed by atoms with Gasteiger partial charge in [0.25, 0.3) is 0 Å². The number of benzene rings is 1. The average molecular weight is 381 g/mol. The molecule has 4 aliphatic carbocycles. The van der Waals surface area contributed by atoms with Crippen LogP contribution in [0.3, 0.4) is 0 Å². The Balaban J connectivity index is 1.35. The second kappa shape index (κ2) is 6.89. The second-order valence-electron chi connectivity index (χ2n) is 10.8. The highest BCUT2D eigenvalue weighted by atomic mass is 16.5. The topological polar surface area (TPSA) is 26.3 Å². The highest BCUT2D eigenvalue weighted by Gasteiger charge is 2.60. The van der Waals surface area contributed by atoms with Crippen molar-refractivity contribution < 1.29 is 9.53 Å². The van der Waals surface area contributed by atoms with Crippen LogP contribution in [-0.4, -0.2) is 12.1 Å². The van der Waals surface area contributed by atoms with E-state index in [4.69, 9.17) is 4.74 Å². The van der Waals surface area contributed by atoms with Gasteiger partial charge in [-0.1, -0.05) is 44.9 Å². The van der Waals surface area contributed by atoms with Crippen molar-refractivity contribution in [2.24, 2.45) is 34.5 Å². The van der Waals surface area contributed by atoms with Gasteiger partial charge in [0.05, 0.1) is 5.56 Å². The van der Waals surface area contributed by atoms with E-state index < -0.39 is 0 Å². The maximum absolute atomic E-state index is 12.7. The smallest absolute Gasteiger partial charge is 0.338 e. The van der Waals surface area contributed by atoms with Gasteiger partial charge in [-0.2, -0.15) is 0 Å². The van der Waals surface area contributed by atoms with Crippen LogP contribution in [0.4, 0.5) is 0 Å². The number of hydrogen-bond acceptors (Lipinski definition) is 2. The van der Waals surface area contributed by atoms with Gasteiger partial charge in [-0.3, -0.25) is 0 Å². The van der Waals surface area contributed by atoms with Crippen LogP contribution in [0.15, 0.2) is 30.3 Å². The fourth-order valence-electron chi connectivity index (χ4n) is 8.21. The zero-order valence-electron chi connectivity index (χ0n) is 17.7. The molecule has 0 amide bonds. The van der Waals surface area contributed by atoms with E-state index in [-0.39, 0.29) is 17.5 Å². The predicted molar refractivity (Wildman–Crippen MR) is 112 cm³/mol. The van der Waals surface area contributed by atoms with Crippen molar-refractivity contribution in [3.8, 4) is 0 Å². The molecule has 4 saturated carbocycles. The Kier molecular flexibility index (Phi) is 4.60. The maximum Gasteiger partial charge on any atom is 0.338 e. The second-order valence-corrected chi connectivity index (χ2v) is 10.8. The first kappa shape index (κ1) is 18.7. The molecule has 0 aliphatic heterocycles. The number of fused-ring (bicyclic) bond motifs is 5. The number of ether oxygens (including phenoxy) is 1. The van der Waals surface area contributed by atoms with Crippen LogP contribution in [-0.2, 0) is 4.74 Å². The van der Waals surface area contributed by atoms with Crippen molar-refractivity contribution in [2.75, 3.05) is 0 Å². The van der Waals surface area contributed by atoms with Gasteiger partial charge in [0.15, 0.2) is 0 Å². The van der Waals surface area contributed by atoms with Gasteiger partial charge < -0.3 is 4.74 Å². The van der Waals surface area contributed by atoms with Crippen LogP contribution < -0.4 is 0 Å². The van der Waals surface area contributed by atoms with Crippen LogP contribution in [0, 0.1) is 34.5 Å². The zero-order chi connectivity index (χ0) is 19.4. The van der Waals surface area contributed by atoms with Gasteiger partial charge in [0.1, 0.15) is 6.10 Å². The van der Waals surface area contributed by atoms with Crippen molar-refractivity contribution >= 4 is 5.97 Å². The number of esters is 1. The van der Waals surface area contributed by atoms with Crippen LogP contribution in [0.5, 0.6) is 0 Å². The summed E-state index contributed by atoms with van der Waals surface area (Å²) in [4.78, 5) is 12.7. The van der Waals surface area contributed by atoms with Crippen LogP contribution in [0.2, 0.25) is 0 Å². The molecule has 0 N–H and O–H groups in total. The SMILES string of the molecule is C[C@]12CCCC[C@@H]1CC[C@@H]1[C@@H]2CC[C@]2(C)[C@@H](OC(=O)c3ccccc3)CC[C@@H]12. The Labute approximate surface area is 170 Å². The number of carbonyl (C=O) groups excluding carboxylic acids is 1. The summed E-state index contributed by atoms with van der Waals surface area (Å²) in [7, 11) is 0. The summed E-state index contributed by atoms with van der Waals surface area (Å²) in [5.41, 5.74) is 1.46. The molecular formula is C26H36O2. The molecule has 0 spiro atoms. The number of hydrogen-bond donors (Lipinski definition) is 0. The summed E-state index contributed by atoms with van der Waals surface area (Å²) in [6.07, 6.45) is 13.7. The molecule has 1 aromatic rings. The van der Waals surface area contributed by atoms with Gasteiger partial charge in [0, 0.05) is 5.41 Å². The molecule has 1 aromatic carbocycles. The quantitative estimate of drug-likeness (QED) is 0.537. The van der Waals surface area contributed by atoms with Crippen molar-refractivity contribution in [1.29, 1.82) is 0 Å². The van der Waals surface area contributed by atoms with Crippen LogP contribution in [0.1, 0.15) is 88.4 Å². The summed E-state index contributed by atoms with van der Waals surface area (Å²) in [5.74, 6) is 3.36. The Morgan fingerprint density at radius 3 is 2.46 bits per heavy atom. The molecule has 7 atom stereocenters. The third-order valence-corrected chi connectivity index (χ3v) is 9.76. The molecule has 0 unspecified atom stereocenters. The first-order chi connectivity index (χ1) is 13.5. The molecule has 152 valence electrons. The molecule has 0 radical (unpaired) electrons.